The van der Waals surface area contributed by atoms with Gasteiger partial charge in [0.15, 0.2) is 0 Å². The standard InChI is InChI=1S/C14H18ClNO/c15-14-3-1-2-12-9-16(6-4-13(12)14)8-11-5-7-17-10-11/h1-3,11H,4-10H2/t11-/m1/s1. The topological polar surface area (TPSA) is 12.5 Å². The monoisotopic (exact) mass is 251 g/mol. The largest absolute Gasteiger partial charge is 0.381 e. The fraction of sp³-hybridized carbons (Fsp3) is 0.571. The van der Waals surface area contributed by atoms with Gasteiger partial charge in [-0.3, -0.25) is 4.90 Å². The SMILES string of the molecule is Clc1cccc2c1CCN(C[C@H]1CCOC1)C2. The molecule has 1 atom stereocenters. The predicted octanol–water partition coefficient (Wildman–Crippen LogP) is 2.73. The van der Waals surface area contributed by atoms with Gasteiger partial charge in [-0.1, -0.05) is 23.7 Å². The highest BCUT2D eigenvalue weighted by Crippen LogP contribution is 2.27. The Morgan fingerprint density at radius 1 is 1.41 bits per heavy atom. The third kappa shape index (κ3) is 2.49. The first-order chi connectivity index (χ1) is 8.33. The molecule has 1 aromatic rings. The Balaban J connectivity index is 1.68. The summed E-state index contributed by atoms with van der Waals surface area (Å²) in [5, 5.41) is 0.936. The third-order valence-electron chi connectivity index (χ3n) is 3.83. The van der Waals surface area contributed by atoms with Crippen LogP contribution in [-0.4, -0.2) is 31.2 Å². The number of hydrogen-bond donors (Lipinski definition) is 0. The lowest BCUT2D eigenvalue weighted by molar-refractivity contribution is 0.162. The summed E-state index contributed by atoms with van der Waals surface area (Å²) >= 11 is 6.22. The number of ether oxygens (including phenoxy) is 1. The molecule has 2 aliphatic rings. The van der Waals surface area contributed by atoms with Crippen molar-refractivity contribution in [3.05, 3.63) is 34.3 Å². The first-order valence-electron chi connectivity index (χ1n) is 6.39. The summed E-state index contributed by atoms with van der Waals surface area (Å²) in [6.45, 7) is 5.24. The molecule has 1 aromatic carbocycles. The smallest absolute Gasteiger partial charge is 0.0507 e. The molecule has 3 heteroatoms. The van der Waals surface area contributed by atoms with Crippen LogP contribution < -0.4 is 0 Å². The van der Waals surface area contributed by atoms with E-state index in [-0.39, 0.29) is 0 Å². The zero-order valence-electron chi connectivity index (χ0n) is 9.99. The molecule has 17 heavy (non-hydrogen) atoms. The van der Waals surface area contributed by atoms with E-state index in [2.05, 4.69) is 17.0 Å². The lowest BCUT2D eigenvalue weighted by atomic mass is 9.98. The molecule has 2 heterocycles. The van der Waals surface area contributed by atoms with Gasteiger partial charge < -0.3 is 4.74 Å². The Hall–Kier alpha value is -0.570. The molecule has 0 radical (unpaired) electrons. The van der Waals surface area contributed by atoms with Crippen molar-refractivity contribution in [2.45, 2.75) is 19.4 Å². The molecule has 0 spiro atoms. The third-order valence-corrected chi connectivity index (χ3v) is 4.18. The number of fused-ring (bicyclic) bond motifs is 1. The molecule has 2 nitrogen and oxygen atoms in total. The number of benzene rings is 1. The van der Waals surface area contributed by atoms with Gasteiger partial charge in [0.2, 0.25) is 0 Å². The number of nitrogens with zero attached hydrogens (tertiary/aromatic N) is 1. The summed E-state index contributed by atoms with van der Waals surface area (Å²) in [7, 11) is 0. The van der Waals surface area contributed by atoms with Gasteiger partial charge in [0.1, 0.15) is 0 Å². The highest BCUT2D eigenvalue weighted by molar-refractivity contribution is 6.31. The molecule has 0 saturated carbocycles. The molecule has 92 valence electrons. The van der Waals surface area contributed by atoms with Crippen LogP contribution in [0.15, 0.2) is 18.2 Å². The molecular weight excluding hydrogens is 234 g/mol. The van der Waals surface area contributed by atoms with Crippen molar-refractivity contribution in [3.63, 3.8) is 0 Å². The lowest BCUT2D eigenvalue weighted by Gasteiger charge is -2.30. The second-order valence-electron chi connectivity index (χ2n) is 5.09. The van der Waals surface area contributed by atoms with Crippen molar-refractivity contribution in [1.82, 2.24) is 4.90 Å². The summed E-state index contributed by atoms with van der Waals surface area (Å²) in [6.07, 6.45) is 2.31. The maximum absolute atomic E-state index is 6.22. The molecule has 0 N–H and O–H groups in total. The van der Waals surface area contributed by atoms with Crippen molar-refractivity contribution in [2.24, 2.45) is 5.92 Å². The van der Waals surface area contributed by atoms with Crippen LogP contribution >= 0.6 is 11.6 Å². The number of rotatable bonds is 2. The minimum Gasteiger partial charge on any atom is -0.381 e. The highest BCUT2D eigenvalue weighted by atomic mass is 35.5. The van der Waals surface area contributed by atoms with Crippen molar-refractivity contribution >= 4 is 11.6 Å². The highest BCUT2D eigenvalue weighted by Gasteiger charge is 2.23. The van der Waals surface area contributed by atoms with Crippen LogP contribution in [0, 0.1) is 5.92 Å². The molecule has 3 rings (SSSR count). The second-order valence-corrected chi connectivity index (χ2v) is 5.50. The van der Waals surface area contributed by atoms with E-state index in [4.69, 9.17) is 16.3 Å². The summed E-state index contributed by atoms with van der Waals surface area (Å²) in [6, 6.07) is 6.27. The van der Waals surface area contributed by atoms with E-state index in [1.807, 2.05) is 6.07 Å². The zero-order valence-corrected chi connectivity index (χ0v) is 10.7. The molecule has 1 saturated heterocycles. The predicted molar refractivity (Wildman–Crippen MR) is 69.4 cm³/mol. The number of halogens is 1. The van der Waals surface area contributed by atoms with Gasteiger partial charge in [-0.05, 0) is 36.0 Å². The summed E-state index contributed by atoms with van der Waals surface area (Å²) < 4.78 is 5.44. The minimum absolute atomic E-state index is 0.732. The van der Waals surface area contributed by atoms with Crippen LogP contribution in [0.4, 0.5) is 0 Å². The summed E-state index contributed by atoms with van der Waals surface area (Å²) in [5.41, 5.74) is 2.76. The van der Waals surface area contributed by atoms with Crippen LogP contribution in [0.25, 0.3) is 0 Å². The van der Waals surface area contributed by atoms with Gasteiger partial charge in [0.05, 0.1) is 6.61 Å². The summed E-state index contributed by atoms with van der Waals surface area (Å²) in [5.74, 6) is 0.732. The zero-order chi connectivity index (χ0) is 11.7. The quantitative estimate of drug-likeness (QED) is 0.802. The van der Waals surface area contributed by atoms with Gasteiger partial charge in [0.25, 0.3) is 0 Å². The van der Waals surface area contributed by atoms with E-state index < -0.39 is 0 Å². The average Bonchev–Trinajstić information content (AvgIpc) is 2.82. The fourth-order valence-electron chi connectivity index (χ4n) is 2.87. The van der Waals surface area contributed by atoms with E-state index >= 15 is 0 Å². The van der Waals surface area contributed by atoms with Crippen LogP contribution in [-0.2, 0) is 17.7 Å². The molecule has 1 fully saturated rings. The van der Waals surface area contributed by atoms with Gasteiger partial charge in [-0.15, -0.1) is 0 Å². The lowest BCUT2D eigenvalue weighted by Crippen LogP contribution is -2.34. The Labute approximate surface area is 108 Å². The van der Waals surface area contributed by atoms with Gasteiger partial charge in [-0.25, -0.2) is 0 Å². The van der Waals surface area contributed by atoms with Gasteiger partial charge >= 0.3 is 0 Å². The van der Waals surface area contributed by atoms with Crippen LogP contribution in [0.2, 0.25) is 5.02 Å². The Bertz CT molecular complexity index is 401. The van der Waals surface area contributed by atoms with Crippen LogP contribution in [0.1, 0.15) is 17.5 Å². The van der Waals surface area contributed by atoms with Crippen LogP contribution in [0.5, 0.6) is 0 Å². The van der Waals surface area contributed by atoms with E-state index in [9.17, 15) is 0 Å². The maximum atomic E-state index is 6.22. The normalized spacial score (nSPS) is 24.9. The van der Waals surface area contributed by atoms with Gasteiger partial charge in [-0.2, -0.15) is 0 Å². The number of hydrogen-bond acceptors (Lipinski definition) is 2. The maximum Gasteiger partial charge on any atom is 0.0507 e. The van der Waals surface area contributed by atoms with E-state index in [1.165, 1.54) is 24.1 Å². The van der Waals surface area contributed by atoms with E-state index in [0.29, 0.717) is 0 Å². The molecule has 0 aromatic heterocycles. The Morgan fingerprint density at radius 3 is 3.18 bits per heavy atom. The van der Waals surface area contributed by atoms with Crippen molar-refractivity contribution < 1.29 is 4.74 Å². The molecule has 0 unspecified atom stereocenters. The van der Waals surface area contributed by atoms with Crippen molar-refractivity contribution in [2.75, 3.05) is 26.3 Å². The fourth-order valence-corrected chi connectivity index (χ4v) is 3.16. The van der Waals surface area contributed by atoms with Crippen molar-refractivity contribution in [3.8, 4) is 0 Å². The minimum atomic E-state index is 0.732. The molecule has 0 amide bonds. The Kier molecular flexibility index (Phi) is 3.37. The molecule has 0 bridgehead atoms. The molecule has 0 aliphatic carbocycles. The first-order valence-corrected chi connectivity index (χ1v) is 6.77. The van der Waals surface area contributed by atoms with Crippen LogP contribution in [0.3, 0.4) is 0 Å². The average molecular weight is 252 g/mol. The molecular formula is C14H18ClNO. The van der Waals surface area contributed by atoms with E-state index in [1.54, 1.807) is 0 Å². The Morgan fingerprint density at radius 2 is 2.35 bits per heavy atom. The second kappa shape index (κ2) is 4.97. The van der Waals surface area contributed by atoms with Gasteiger partial charge in [0, 0.05) is 31.3 Å². The van der Waals surface area contributed by atoms with E-state index in [0.717, 1.165) is 43.7 Å². The molecule has 2 aliphatic heterocycles. The summed E-state index contributed by atoms with van der Waals surface area (Å²) in [4.78, 5) is 2.54. The first kappa shape index (κ1) is 11.5. The van der Waals surface area contributed by atoms with Crippen molar-refractivity contribution in [1.29, 1.82) is 0 Å².